The lowest BCUT2D eigenvalue weighted by Gasteiger charge is -2.32. The standard InChI is InChI=1S/C21H34N2O3/c1-4-5-10-15-25-20-14-9-7-12-18(20)22-21(24)26-19-13-8-6-11-17(19)16-23(2)3/h7,9,12,14,17,19H,4-6,8,10-11,13,15-16H2,1-3H3,(H,22,24)/t17-,19+/m1/s1. The van der Waals surface area contributed by atoms with Gasteiger partial charge in [0.2, 0.25) is 0 Å². The van der Waals surface area contributed by atoms with Gasteiger partial charge < -0.3 is 14.4 Å². The van der Waals surface area contributed by atoms with Crippen molar-refractivity contribution >= 4 is 11.8 Å². The predicted molar refractivity (Wildman–Crippen MR) is 106 cm³/mol. The summed E-state index contributed by atoms with van der Waals surface area (Å²) in [6.07, 6.45) is 7.33. The van der Waals surface area contributed by atoms with Gasteiger partial charge in [0.15, 0.2) is 0 Å². The molecule has 5 nitrogen and oxygen atoms in total. The third kappa shape index (κ3) is 6.87. The first-order valence-corrected chi connectivity index (χ1v) is 9.94. The maximum absolute atomic E-state index is 12.4. The van der Waals surface area contributed by atoms with Crippen molar-refractivity contribution in [3.63, 3.8) is 0 Å². The lowest BCUT2D eigenvalue weighted by atomic mass is 9.86. The van der Waals surface area contributed by atoms with E-state index in [0.29, 0.717) is 24.0 Å². The second kappa shape index (κ2) is 11.1. The molecule has 0 heterocycles. The normalized spacial score (nSPS) is 20.0. The van der Waals surface area contributed by atoms with E-state index >= 15 is 0 Å². The molecule has 0 saturated heterocycles. The Morgan fingerprint density at radius 2 is 1.96 bits per heavy atom. The van der Waals surface area contributed by atoms with Crippen LogP contribution in [0.5, 0.6) is 5.75 Å². The monoisotopic (exact) mass is 362 g/mol. The van der Waals surface area contributed by atoms with Crippen LogP contribution in [-0.4, -0.2) is 44.3 Å². The van der Waals surface area contributed by atoms with Crippen LogP contribution < -0.4 is 10.1 Å². The number of unbranched alkanes of at least 4 members (excludes halogenated alkanes) is 2. The number of benzene rings is 1. The number of anilines is 1. The largest absolute Gasteiger partial charge is 0.491 e. The molecule has 1 aromatic carbocycles. The third-order valence-corrected chi connectivity index (χ3v) is 4.83. The maximum Gasteiger partial charge on any atom is 0.412 e. The molecule has 1 aromatic rings. The van der Waals surface area contributed by atoms with E-state index in [1.54, 1.807) is 0 Å². The fraction of sp³-hybridized carbons (Fsp3) is 0.667. The fourth-order valence-electron chi connectivity index (χ4n) is 3.51. The molecule has 26 heavy (non-hydrogen) atoms. The van der Waals surface area contributed by atoms with Crippen molar-refractivity contribution in [1.82, 2.24) is 4.90 Å². The van der Waals surface area contributed by atoms with Crippen LogP contribution in [0.3, 0.4) is 0 Å². The van der Waals surface area contributed by atoms with E-state index in [4.69, 9.17) is 9.47 Å². The quantitative estimate of drug-likeness (QED) is 0.633. The molecule has 5 heteroatoms. The first-order valence-electron chi connectivity index (χ1n) is 9.94. The molecule has 0 aromatic heterocycles. The van der Waals surface area contributed by atoms with Crippen molar-refractivity contribution in [1.29, 1.82) is 0 Å². The number of hydrogen-bond acceptors (Lipinski definition) is 4. The molecular weight excluding hydrogens is 328 g/mol. The lowest BCUT2D eigenvalue weighted by Crippen LogP contribution is -2.37. The molecule has 1 amide bonds. The minimum absolute atomic E-state index is 0.0104. The minimum Gasteiger partial charge on any atom is -0.491 e. The molecule has 2 atom stereocenters. The van der Waals surface area contributed by atoms with Gasteiger partial charge in [0.05, 0.1) is 12.3 Å². The molecule has 0 aliphatic heterocycles. The summed E-state index contributed by atoms with van der Waals surface area (Å²) in [6.45, 7) is 3.78. The summed E-state index contributed by atoms with van der Waals surface area (Å²) >= 11 is 0. The summed E-state index contributed by atoms with van der Waals surface area (Å²) in [5.41, 5.74) is 0.675. The molecule has 1 aliphatic carbocycles. The molecule has 1 N–H and O–H groups in total. The van der Waals surface area contributed by atoms with Crippen LogP contribution in [0.4, 0.5) is 10.5 Å². The number of amides is 1. The van der Waals surface area contributed by atoms with E-state index < -0.39 is 0 Å². The van der Waals surface area contributed by atoms with Gasteiger partial charge in [-0.05, 0) is 51.9 Å². The fourth-order valence-corrected chi connectivity index (χ4v) is 3.51. The predicted octanol–water partition coefficient (Wildman–Crippen LogP) is 4.92. The number of nitrogens with one attached hydrogen (secondary N) is 1. The minimum atomic E-state index is -0.384. The number of carbonyl (C=O) groups excluding carboxylic acids is 1. The van der Waals surface area contributed by atoms with Gasteiger partial charge in [0, 0.05) is 12.5 Å². The van der Waals surface area contributed by atoms with Gasteiger partial charge in [-0.2, -0.15) is 0 Å². The van der Waals surface area contributed by atoms with Crippen molar-refractivity contribution in [2.75, 3.05) is 32.6 Å². The Kier molecular flexibility index (Phi) is 8.75. The second-order valence-electron chi connectivity index (χ2n) is 7.43. The molecule has 0 radical (unpaired) electrons. The van der Waals surface area contributed by atoms with Crippen LogP contribution in [-0.2, 0) is 4.74 Å². The highest BCUT2D eigenvalue weighted by Gasteiger charge is 2.28. The molecule has 2 rings (SSSR count). The zero-order chi connectivity index (χ0) is 18.8. The average molecular weight is 363 g/mol. The van der Waals surface area contributed by atoms with Crippen molar-refractivity contribution in [3.05, 3.63) is 24.3 Å². The van der Waals surface area contributed by atoms with E-state index in [1.807, 2.05) is 24.3 Å². The number of carbonyl (C=O) groups is 1. The number of para-hydroxylation sites is 2. The molecule has 146 valence electrons. The Morgan fingerprint density at radius 1 is 1.19 bits per heavy atom. The average Bonchev–Trinajstić information content (AvgIpc) is 2.61. The van der Waals surface area contributed by atoms with Crippen LogP contribution in [0.15, 0.2) is 24.3 Å². The van der Waals surface area contributed by atoms with E-state index in [2.05, 4.69) is 31.2 Å². The van der Waals surface area contributed by atoms with Gasteiger partial charge in [-0.3, -0.25) is 5.32 Å². The Hall–Kier alpha value is -1.75. The van der Waals surface area contributed by atoms with Gasteiger partial charge in [-0.1, -0.05) is 38.3 Å². The number of nitrogens with zero attached hydrogens (tertiary/aromatic N) is 1. The third-order valence-electron chi connectivity index (χ3n) is 4.83. The zero-order valence-corrected chi connectivity index (χ0v) is 16.5. The van der Waals surface area contributed by atoms with Gasteiger partial charge in [-0.25, -0.2) is 4.79 Å². The van der Waals surface area contributed by atoms with Crippen LogP contribution in [0.25, 0.3) is 0 Å². The van der Waals surface area contributed by atoms with E-state index in [-0.39, 0.29) is 12.2 Å². The van der Waals surface area contributed by atoms with Crippen molar-refractivity contribution in [3.8, 4) is 5.75 Å². The molecule has 0 bridgehead atoms. The van der Waals surface area contributed by atoms with Crippen LogP contribution >= 0.6 is 0 Å². The first kappa shape index (κ1) is 20.6. The summed E-state index contributed by atoms with van der Waals surface area (Å²) in [5.74, 6) is 1.11. The summed E-state index contributed by atoms with van der Waals surface area (Å²) in [6, 6.07) is 7.55. The molecule has 1 aliphatic rings. The summed E-state index contributed by atoms with van der Waals surface area (Å²) in [4.78, 5) is 14.6. The summed E-state index contributed by atoms with van der Waals surface area (Å²) in [7, 11) is 4.13. The van der Waals surface area contributed by atoms with Gasteiger partial charge in [-0.15, -0.1) is 0 Å². The molecular formula is C21H34N2O3. The van der Waals surface area contributed by atoms with Crippen LogP contribution in [0, 0.1) is 5.92 Å². The Labute approximate surface area is 158 Å². The van der Waals surface area contributed by atoms with Gasteiger partial charge >= 0.3 is 6.09 Å². The SMILES string of the molecule is CCCCCOc1ccccc1NC(=O)O[C@H]1CCCC[C@@H]1CN(C)C. The maximum atomic E-state index is 12.4. The topological polar surface area (TPSA) is 50.8 Å². The second-order valence-corrected chi connectivity index (χ2v) is 7.43. The highest BCUT2D eigenvalue weighted by Crippen LogP contribution is 2.29. The Balaban J connectivity index is 1.90. The van der Waals surface area contributed by atoms with Gasteiger partial charge in [0.25, 0.3) is 0 Å². The highest BCUT2D eigenvalue weighted by atomic mass is 16.6. The molecule has 1 fully saturated rings. The Morgan fingerprint density at radius 3 is 2.73 bits per heavy atom. The molecule has 0 spiro atoms. The van der Waals surface area contributed by atoms with E-state index in [9.17, 15) is 4.79 Å². The lowest BCUT2D eigenvalue weighted by molar-refractivity contribution is 0.0357. The molecule has 1 saturated carbocycles. The number of hydrogen-bond donors (Lipinski definition) is 1. The van der Waals surface area contributed by atoms with E-state index in [1.165, 1.54) is 6.42 Å². The Bertz CT molecular complexity index is 548. The summed E-state index contributed by atoms with van der Waals surface area (Å²) < 4.78 is 11.6. The van der Waals surface area contributed by atoms with E-state index in [0.717, 1.165) is 45.1 Å². The first-order chi connectivity index (χ1) is 12.6. The summed E-state index contributed by atoms with van der Waals surface area (Å²) in [5, 5.41) is 2.87. The highest BCUT2D eigenvalue weighted by molar-refractivity contribution is 5.86. The zero-order valence-electron chi connectivity index (χ0n) is 16.5. The van der Waals surface area contributed by atoms with Gasteiger partial charge in [0.1, 0.15) is 11.9 Å². The number of rotatable bonds is 9. The van der Waals surface area contributed by atoms with Crippen LogP contribution in [0.1, 0.15) is 51.9 Å². The smallest absolute Gasteiger partial charge is 0.412 e. The van der Waals surface area contributed by atoms with Crippen molar-refractivity contribution in [2.24, 2.45) is 5.92 Å². The van der Waals surface area contributed by atoms with Crippen molar-refractivity contribution < 1.29 is 14.3 Å². The van der Waals surface area contributed by atoms with Crippen molar-refractivity contribution in [2.45, 2.75) is 58.0 Å². The van der Waals surface area contributed by atoms with Crippen LogP contribution in [0.2, 0.25) is 0 Å². The molecule has 0 unspecified atom stereocenters. The number of ether oxygens (including phenoxy) is 2.